The molecule has 102 valence electrons. The van der Waals surface area contributed by atoms with Crippen molar-refractivity contribution in [3.8, 4) is 0 Å². The highest BCUT2D eigenvalue weighted by Gasteiger charge is 2.30. The molecule has 1 atom stereocenters. The maximum atomic E-state index is 12.3. The van der Waals surface area contributed by atoms with Crippen molar-refractivity contribution in [2.75, 3.05) is 19.7 Å². The quantitative estimate of drug-likeness (QED) is 0.798. The van der Waals surface area contributed by atoms with E-state index < -0.39 is 10.0 Å². The van der Waals surface area contributed by atoms with Gasteiger partial charge < -0.3 is 9.15 Å². The van der Waals surface area contributed by atoms with Crippen LogP contribution in [0.5, 0.6) is 0 Å². The van der Waals surface area contributed by atoms with Crippen molar-refractivity contribution in [1.29, 1.82) is 0 Å². The van der Waals surface area contributed by atoms with E-state index in [1.165, 1.54) is 10.4 Å². The van der Waals surface area contributed by atoms with Gasteiger partial charge in [0, 0.05) is 19.7 Å². The average Bonchev–Trinajstić information content (AvgIpc) is 2.72. The third-order valence-electron chi connectivity index (χ3n) is 2.78. The summed E-state index contributed by atoms with van der Waals surface area (Å²) in [7, 11) is -3.58. The van der Waals surface area contributed by atoms with Crippen LogP contribution in [-0.4, -0.2) is 38.5 Å². The summed E-state index contributed by atoms with van der Waals surface area (Å²) < 4.78 is 36.8. The summed E-state index contributed by atoms with van der Waals surface area (Å²) in [4.78, 5) is 0. The standard InChI is InChI=1S/C11H16ClNO4S/c1-9-8-13(5-2-6-16-9)18(14,15)11-4-3-10(7-12)17-11/h3-4,9H,2,5-8H2,1H3. The van der Waals surface area contributed by atoms with Gasteiger partial charge in [-0.15, -0.1) is 11.6 Å². The van der Waals surface area contributed by atoms with Crippen LogP contribution in [0.3, 0.4) is 0 Å². The largest absolute Gasteiger partial charge is 0.447 e. The van der Waals surface area contributed by atoms with Gasteiger partial charge in [-0.3, -0.25) is 0 Å². The number of furan rings is 1. The van der Waals surface area contributed by atoms with Gasteiger partial charge in [-0.05, 0) is 25.5 Å². The number of halogens is 1. The molecule has 5 nitrogen and oxygen atoms in total. The average molecular weight is 294 g/mol. The molecule has 18 heavy (non-hydrogen) atoms. The Bertz CT molecular complexity index is 499. The first-order valence-corrected chi connectivity index (χ1v) is 7.78. The second-order valence-electron chi connectivity index (χ2n) is 4.25. The molecule has 0 radical (unpaired) electrons. The van der Waals surface area contributed by atoms with Crippen LogP contribution in [0.1, 0.15) is 19.1 Å². The van der Waals surface area contributed by atoms with Gasteiger partial charge in [0.05, 0.1) is 12.0 Å². The van der Waals surface area contributed by atoms with E-state index in [1.54, 1.807) is 6.07 Å². The molecule has 1 saturated heterocycles. The van der Waals surface area contributed by atoms with Gasteiger partial charge in [-0.25, -0.2) is 8.42 Å². The molecule has 0 amide bonds. The number of alkyl halides is 1. The maximum absolute atomic E-state index is 12.3. The zero-order chi connectivity index (χ0) is 13.2. The SMILES string of the molecule is CC1CN(S(=O)(=O)c2ccc(CCl)o2)CCCO1. The van der Waals surface area contributed by atoms with Gasteiger partial charge in [0.2, 0.25) is 5.09 Å². The van der Waals surface area contributed by atoms with Crippen LogP contribution >= 0.6 is 11.6 Å². The molecule has 0 spiro atoms. The highest BCUT2D eigenvalue weighted by atomic mass is 35.5. The van der Waals surface area contributed by atoms with Crippen LogP contribution in [0.15, 0.2) is 21.6 Å². The fourth-order valence-electron chi connectivity index (χ4n) is 1.87. The number of sulfonamides is 1. The van der Waals surface area contributed by atoms with E-state index in [4.69, 9.17) is 20.8 Å². The molecule has 2 heterocycles. The molecular weight excluding hydrogens is 278 g/mol. The minimum absolute atomic E-state index is 0.0488. The van der Waals surface area contributed by atoms with Crippen LogP contribution in [0.2, 0.25) is 0 Å². The van der Waals surface area contributed by atoms with Gasteiger partial charge in [0.15, 0.2) is 0 Å². The maximum Gasteiger partial charge on any atom is 0.276 e. The van der Waals surface area contributed by atoms with Gasteiger partial charge >= 0.3 is 0 Å². The van der Waals surface area contributed by atoms with Crippen LogP contribution in [0, 0.1) is 0 Å². The van der Waals surface area contributed by atoms with Crippen molar-refractivity contribution in [2.45, 2.75) is 30.4 Å². The third kappa shape index (κ3) is 2.88. The molecule has 2 rings (SSSR count). The molecule has 1 aliphatic rings. The van der Waals surface area contributed by atoms with Crippen molar-refractivity contribution in [3.05, 3.63) is 17.9 Å². The Morgan fingerprint density at radius 1 is 1.50 bits per heavy atom. The molecule has 0 aromatic carbocycles. The highest BCUT2D eigenvalue weighted by Crippen LogP contribution is 2.21. The number of rotatable bonds is 3. The predicted molar refractivity (Wildman–Crippen MR) is 67.1 cm³/mol. The van der Waals surface area contributed by atoms with Crippen LogP contribution < -0.4 is 0 Å². The Morgan fingerprint density at radius 2 is 2.28 bits per heavy atom. The molecule has 0 bridgehead atoms. The van der Waals surface area contributed by atoms with Gasteiger partial charge in [-0.1, -0.05) is 0 Å². The lowest BCUT2D eigenvalue weighted by molar-refractivity contribution is 0.0751. The fourth-order valence-corrected chi connectivity index (χ4v) is 3.50. The minimum atomic E-state index is -3.58. The van der Waals surface area contributed by atoms with Crippen molar-refractivity contribution < 1.29 is 17.6 Å². The molecule has 1 aromatic heterocycles. The summed E-state index contributed by atoms with van der Waals surface area (Å²) in [6.07, 6.45) is 0.580. The molecule has 0 N–H and O–H groups in total. The van der Waals surface area contributed by atoms with Crippen LogP contribution in [0.4, 0.5) is 0 Å². The minimum Gasteiger partial charge on any atom is -0.447 e. The summed E-state index contributed by atoms with van der Waals surface area (Å²) in [5.74, 6) is 0.615. The molecule has 1 aliphatic heterocycles. The van der Waals surface area contributed by atoms with E-state index >= 15 is 0 Å². The number of ether oxygens (including phenoxy) is 1. The van der Waals surface area contributed by atoms with Crippen molar-refractivity contribution in [3.63, 3.8) is 0 Å². The first kappa shape index (κ1) is 13.9. The Labute approximate surface area is 112 Å². The Morgan fingerprint density at radius 3 is 2.94 bits per heavy atom. The lowest BCUT2D eigenvalue weighted by Gasteiger charge is -2.20. The number of hydrogen-bond acceptors (Lipinski definition) is 4. The Hall–Kier alpha value is -0.560. The normalized spacial score (nSPS) is 22.9. The van der Waals surface area contributed by atoms with Crippen LogP contribution in [-0.2, 0) is 20.6 Å². The molecule has 1 fully saturated rings. The van der Waals surface area contributed by atoms with E-state index in [1.807, 2.05) is 6.92 Å². The topological polar surface area (TPSA) is 59.8 Å². The summed E-state index contributed by atoms with van der Waals surface area (Å²) in [5.41, 5.74) is 0. The lowest BCUT2D eigenvalue weighted by atomic mass is 10.4. The fraction of sp³-hybridized carbons (Fsp3) is 0.636. The zero-order valence-electron chi connectivity index (χ0n) is 10.1. The van der Waals surface area contributed by atoms with Gasteiger partial charge in [0.25, 0.3) is 10.0 Å². The summed E-state index contributed by atoms with van der Waals surface area (Å²) >= 11 is 5.60. The van der Waals surface area contributed by atoms with E-state index in [-0.39, 0.29) is 17.1 Å². The van der Waals surface area contributed by atoms with E-state index in [0.717, 1.165) is 0 Å². The zero-order valence-corrected chi connectivity index (χ0v) is 11.7. The second kappa shape index (κ2) is 5.61. The number of hydrogen-bond donors (Lipinski definition) is 0. The van der Waals surface area contributed by atoms with Gasteiger partial charge in [0.1, 0.15) is 5.76 Å². The lowest BCUT2D eigenvalue weighted by Crippen LogP contribution is -2.35. The first-order valence-electron chi connectivity index (χ1n) is 5.80. The van der Waals surface area contributed by atoms with Crippen molar-refractivity contribution >= 4 is 21.6 Å². The highest BCUT2D eigenvalue weighted by molar-refractivity contribution is 7.89. The molecule has 1 unspecified atom stereocenters. The smallest absolute Gasteiger partial charge is 0.276 e. The van der Waals surface area contributed by atoms with E-state index in [9.17, 15) is 8.42 Å². The molecule has 7 heteroatoms. The monoisotopic (exact) mass is 293 g/mol. The van der Waals surface area contributed by atoms with Crippen molar-refractivity contribution in [1.82, 2.24) is 4.31 Å². The summed E-state index contributed by atoms with van der Waals surface area (Å²) in [6, 6.07) is 3.03. The van der Waals surface area contributed by atoms with Crippen LogP contribution in [0.25, 0.3) is 0 Å². The predicted octanol–water partition coefficient (Wildman–Crippen LogP) is 1.82. The number of nitrogens with zero attached hydrogens (tertiary/aromatic N) is 1. The van der Waals surface area contributed by atoms with E-state index in [0.29, 0.717) is 31.9 Å². The molecular formula is C11H16ClNO4S. The molecule has 0 aliphatic carbocycles. The Balaban J connectivity index is 2.23. The first-order chi connectivity index (χ1) is 8.54. The van der Waals surface area contributed by atoms with E-state index in [2.05, 4.69) is 0 Å². The second-order valence-corrected chi connectivity index (χ2v) is 6.39. The summed E-state index contributed by atoms with van der Waals surface area (Å²) in [5, 5.41) is -0.0488. The Kier molecular flexibility index (Phi) is 4.32. The summed E-state index contributed by atoms with van der Waals surface area (Å²) in [6.45, 7) is 3.24. The molecule has 1 aromatic rings. The third-order valence-corrected chi connectivity index (χ3v) is 4.78. The van der Waals surface area contributed by atoms with Gasteiger partial charge in [-0.2, -0.15) is 4.31 Å². The molecule has 0 saturated carbocycles. The van der Waals surface area contributed by atoms with Crippen molar-refractivity contribution in [2.24, 2.45) is 0 Å².